The van der Waals surface area contributed by atoms with E-state index in [1.165, 1.54) is 12.1 Å². The Balaban J connectivity index is 0.000000133. The van der Waals surface area contributed by atoms with E-state index < -0.39 is 11.6 Å². The van der Waals surface area contributed by atoms with Crippen LogP contribution in [-0.2, 0) is 0 Å². The molecular formula is C81H65F2N13O3. The van der Waals surface area contributed by atoms with Crippen LogP contribution in [0.4, 0.5) is 25.8 Å². The summed E-state index contributed by atoms with van der Waals surface area (Å²) in [4.78, 5) is 43.2. The average Bonchev–Trinajstić information content (AvgIpc) is 1.68. The van der Waals surface area contributed by atoms with Gasteiger partial charge in [0.15, 0.2) is 46.0 Å². The van der Waals surface area contributed by atoms with Crippen molar-refractivity contribution in [2.24, 2.45) is 0 Å². The fourth-order valence-corrected chi connectivity index (χ4v) is 11.6. The predicted molar refractivity (Wildman–Crippen MR) is 386 cm³/mol. The molecule has 15 aromatic rings. The number of pyridine rings is 4. The van der Waals surface area contributed by atoms with Crippen molar-refractivity contribution >= 4 is 51.7 Å². The number of aromatic nitrogens is 10. The van der Waals surface area contributed by atoms with Crippen LogP contribution >= 0.6 is 0 Å². The molecule has 0 bridgehead atoms. The minimum atomic E-state index is -0.979. The van der Waals surface area contributed by atoms with Gasteiger partial charge in [0, 0.05) is 92.6 Å². The molecule has 0 aliphatic rings. The minimum absolute atomic E-state index is 0.0201. The number of carbonyl (C=O) groups excluding carboxylic acids is 3. The Labute approximate surface area is 569 Å². The summed E-state index contributed by atoms with van der Waals surface area (Å²) in [6.07, 6.45) is 9.09. The summed E-state index contributed by atoms with van der Waals surface area (Å²) in [5.74, 6) is -0.711. The monoisotopic (exact) mass is 1310 g/mol. The van der Waals surface area contributed by atoms with Crippen molar-refractivity contribution in [2.45, 2.75) is 48.5 Å². The van der Waals surface area contributed by atoms with Gasteiger partial charge in [-0.25, -0.2) is 8.78 Å². The molecule has 3 amide bonds. The highest BCUT2D eigenvalue weighted by atomic mass is 19.2. The van der Waals surface area contributed by atoms with Gasteiger partial charge in [0.25, 0.3) is 17.7 Å². The summed E-state index contributed by atoms with van der Waals surface area (Å²) in [5, 5.41) is 35.1. The van der Waals surface area contributed by atoms with Gasteiger partial charge in [0.1, 0.15) is 0 Å². The Morgan fingerprint density at radius 1 is 0.333 bits per heavy atom. The van der Waals surface area contributed by atoms with E-state index in [0.717, 1.165) is 118 Å². The molecule has 8 aromatic carbocycles. The maximum absolute atomic E-state index is 14.4. The predicted octanol–water partition coefficient (Wildman–Crippen LogP) is 17.8. The number of rotatable bonds is 12. The number of aryl methyl sites for hydroxylation is 7. The van der Waals surface area contributed by atoms with Gasteiger partial charge in [-0.2, -0.15) is 0 Å². The first-order chi connectivity index (χ1) is 48.0. The number of nitrogens with one attached hydrogen (secondary N) is 3. The van der Waals surface area contributed by atoms with Crippen LogP contribution in [0.3, 0.4) is 0 Å². The van der Waals surface area contributed by atoms with Gasteiger partial charge in [0.2, 0.25) is 0 Å². The minimum Gasteiger partial charge on any atom is -0.322 e. The standard InChI is InChI=1S/C28H24N4O.C27H20F2N4O.C26H21N5O/c1-18-10-14-22(15-11-18)29-28(33)25-17-21(13-12-20(25)3)24-9-6-16-32-26(30-31-27(24)32)23-8-5-4-7-19(23)2;1-16-8-12-19(13-9-16)30-27(34)22-15-18(11-10-17(22)2)20-6-4-14-33-25(20)31-32-26(33)21-5-3-7-23(28)24(21)29;1-17-7-11-21(12-8-17)28-26(32)23-15-19(10-9-18(23)2)22-6-4-14-31-24(29-30-25(22)31)20-5-3-13-27-16-20/h4-17H,1-3H3,(H,29,33);3-15H,1-2H3,(H,30,34);3-16H,1-2H3,(H,28,32). The van der Waals surface area contributed by atoms with Gasteiger partial charge >= 0.3 is 0 Å². The molecule has 0 fully saturated rings. The molecule has 7 heterocycles. The lowest BCUT2D eigenvalue weighted by atomic mass is 9.99. The largest absolute Gasteiger partial charge is 0.322 e. The number of carbonyl (C=O) groups is 3. The van der Waals surface area contributed by atoms with Crippen molar-refractivity contribution in [1.29, 1.82) is 0 Å². The van der Waals surface area contributed by atoms with Gasteiger partial charge in [-0.15, -0.1) is 30.6 Å². The summed E-state index contributed by atoms with van der Waals surface area (Å²) < 4.78 is 33.7. The van der Waals surface area contributed by atoms with E-state index in [1.54, 1.807) is 35.1 Å². The summed E-state index contributed by atoms with van der Waals surface area (Å²) in [7, 11) is 0. The average molecular weight is 1310 g/mol. The molecule has 486 valence electrons. The highest BCUT2D eigenvalue weighted by Gasteiger charge is 2.22. The molecule has 0 atom stereocenters. The normalized spacial score (nSPS) is 11.0. The Kier molecular flexibility index (Phi) is 18.4. The molecule has 18 heteroatoms. The molecule has 7 aromatic heterocycles. The van der Waals surface area contributed by atoms with Crippen molar-refractivity contribution in [1.82, 2.24) is 48.8 Å². The molecule has 0 unspecified atom stereocenters. The van der Waals surface area contributed by atoms with Gasteiger partial charge < -0.3 is 16.0 Å². The summed E-state index contributed by atoms with van der Waals surface area (Å²) in [6, 6.07) is 68.0. The molecule has 99 heavy (non-hydrogen) atoms. The lowest BCUT2D eigenvalue weighted by molar-refractivity contribution is 0.101. The van der Waals surface area contributed by atoms with Gasteiger partial charge in [0.05, 0.1) is 5.56 Å². The molecule has 0 spiro atoms. The summed E-state index contributed by atoms with van der Waals surface area (Å²) in [5.41, 5.74) is 20.2. The summed E-state index contributed by atoms with van der Waals surface area (Å²) in [6.45, 7) is 13.8. The third-order valence-electron chi connectivity index (χ3n) is 17.1. The number of halogens is 2. The Morgan fingerprint density at radius 2 is 0.707 bits per heavy atom. The second kappa shape index (κ2) is 28.2. The number of hydrogen-bond donors (Lipinski definition) is 3. The topological polar surface area (TPSA) is 191 Å². The summed E-state index contributed by atoms with van der Waals surface area (Å²) >= 11 is 0. The van der Waals surface area contributed by atoms with Crippen LogP contribution in [0.2, 0.25) is 0 Å². The van der Waals surface area contributed by atoms with E-state index in [1.807, 2.05) is 239 Å². The van der Waals surface area contributed by atoms with Crippen molar-refractivity contribution in [2.75, 3.05) is 16.0 Å². The SMILES string of the molecule is Cc1ccc(NC(=O)c2cc(-c3cccn4c(-c5cccc(F)c5F)nnc34)ccc2C)cc1.Cc1ccc(NC(=O)c2cc(-c3cccn4c(-c5ccccc5C)nnc34)ccc2C)cc1.Cc1ccc(NC(=O)c2cc(-c3cccn4c(-c5cccnc5)nnc34)ccc2C)cc1. The Bertz CT molecular complexity index is 5530. The van der Waals surface area contributed by atoms with Crippen LogP contribution < -0.4 is 16.0 Å². The van der Waals surface area contributed by atoms with Gasteiger partial charge in [-0.1, -0.05) is 120 Å². The maximum Gasteiger partial charge on any atom is 0.255 e. The third kappa shape index (κ3) is 13.8. The zero-order valence-electron chi connectivity index (χ0n) is 55.1. The third-order valence-corrected chi connectivity index (χ3v) is 17.1. The number of hydrogen-bond acceptors (Lipinski definition) is 10. The fourth-order valence-electron chi connectivity index (χ4n) is 11.6. The van der Waals surface area contributed by atoms with Crippen LogP contribution in [0, 0.1) is 60.1 Å². The van der Waals surface area contributed by atoms with Crippen molar-refractivity contribution in [3.05, 3.63) is 317 Å². The molecular weight excluding hydrogens is 1240 g/mol. The molecule has 16 nitrogen and oxygen atoms in total. The lowest BCUT2D eigenvalue weighted by Gasteiger charge is -2.11. The van der Waals surface area contributed by atoms with Crippen LogP contribution in [0.25, 0.3) is 84.5 Å². The molecule has 0 aliphatic carbocycles. The van der Waals surface area contributed by atoms with Gasteiger partial charge in [-0.05, 0) is 203 Å². The number of benzene rings is 8. The van der Waals surface area contributed by atoms with Crippen LogP contribution in [0.5, 0.6) is 0 Å². The Morgan fingerprint density at radius 3 is 1.11 bits per heavy atom. The number of nitrogens with zero attached hydrogens (tertiary/aromatic N) is 10. The van der Waals surface area contributed by atoms with E-state index in [9.17, 15) is 23.2 Å². The van der Waals surface area contributed by atoms with Crippen molar-refractivity contribution in [3.63, 3.8) is 0 Å². The molecule has 0 saturated carbocycles. The Hall–Kier alpha value is -13.0. The molecule has 0 saturated heterocycles. The number of fused-ring (bicyclic) bond motifs is 3. The maximum atomic E-state index is 14.4. The smallest absolute Gasteiger partial charge is 0.255 e. The van der Waals surface area contributed by atoms with E-state index in [-0.39, 0.29) is 29.1 Å². The van der Waals surface area contributed by atoms with Crippen LogP contribution in [0.1, 0.15) is 70.0 Å². The van der Waals surface area contributed by atoms with Crippen LogP contribution in [0.15, 0.2) is 249 Å². The fraction of sp³-hybridized carbons (Fsp3) is 0.0864. The highest BCUT2D eigenvalue weighted by molar-refractivity contribution is 6.08. The first-order valence-electron chi connectivity index (χ1n) is 31.9. The van der Waals surface area contributed by atoms with E-state index in [4.69, 9.17) is 0 Å². The van der Waals surface area contributed by atoms with E-state index in [2.05, 4.69) is 70.6 Å². The van der Waals surface area contributed by atoms with E-state index in [0.29, 0.717) is 33.6 Å². The molecule has 0 radical (unpaired) electrons. The lowest BCUT2D eigenvalue weighted by Crippen LogP contribution is -2.13. The van der Waals surface area contributed by atoms with E-state index >= 15 is 0 Å². The number of amides is 3. The van der Waals surface area contributed by atoms with Gasteiger partial charge in [-0.3, -0.25) is 32.6 Å². The highest BCUT2D eigenvalue weighted by Crippen LogP contribution is 2.34. The molecule has 0 aliphatic heterocycles. The first kappa shape index (κ1) is 64.7. The van der Waals surface area contributed by atoms with Crippen molar-refractivity contribution in [3.8, 4) is 67.5 Å². The molecule has 3 N–H and O–H groups in total. The number of anilines is 3. The zero-order chi connectivity index (χ0) is 68.8. The van der Waals surface area contributed by atoms with Crippen LogP contribution in [-0.4, -0.2) is 66.5 Å². The molecule has 15 rings (SSSR count). The zero-order valence-corrected chi connectivity index (χ0v) is 55.1. The van der Waals surface area contributed by atoms with Crippen molar-refractivity contribution < 1.29 is 23.2 Å². The first-order valence-corrected chi connectivity index (χ1v) is 31.9. The second-order valence-corrected chi connectivity index (χ2v) is 24.1. The second-order valence-electron chi connectivity index (χ2n) is 24.1. The quantitative estimate of drug-likeness (QED) is 0.106.